The van der Waals surface area contributed by atoms with Crippen molar-refractivity contribution < 1.29 is 14.1 Å². The van der Waals surface area contributed by atoms with Crippen molar-refractivity contribution in [2.45, 2.75) is 33.2 Å². The van der Waals surface area contributed by atoms with Crippen LogP contribution < -0.4 is 10.1 Å². The first-order chi connectivity index (χ1) is 14.6. The van der Waals surface area contributed by atoms with Crippen LogP contribution in [-0.2, 0) is 0 Å². The molecule has 4 rings (SSSR count). The van der Waals surface area contributed by atoms with Gasteiger partial charge in [-0.3, -0.25) is 4.90 Å². The molecule has 2 aromatic heterocycles. The maximum atomic E-state index is 12.8. The van der Waals surface area contributed by atoms with Gasteiger partial charge in [-0.2, -0.15) is 4.98 Å². The zero-order valence-electron chi connectivity index (χ0n) is 17.2. The van der Waals surface area contributed by atoms with Crippen LogP contribution in [0.5, 0.6) is 5.75 Å². The lowest BCUT2D eigenvalue weighted by Gasteiger charge is -2.35. The number of hydrogen-bond acceptors (Lipinski definition) is 6. The van der Waals surface area contributed by atoms with Gasteiger partial charge in [-0.15, -0.1) is 11.3 Å². The van der Waals surface area contributed by atoms with Crippen LogP contribution in [-0.4, -0.2) is 34.2 Å². The topological polar surface area (TPSA) is 80.5 Å². The number of carbonyl (C=O) groups is 1. The highest BCUT2D eigenvalue weighted by Crippen LogP contribution is 2.38. The summed E-state index contributed by atoms with van der Waals surface area (Å²) in [5.41, 5.74) is 2.55. The largest absolute Gasteiger partial charge is 0.494 e. The lowest BCUT2D eigenvalue weighted by atomic mass is 9.94. The van der Waals surface area contributed by atoms with Crippen molar-refractivity contribution in [3.05, 3.63) is 58.9 Å². The summed E-state index contributed by atoms with van der Waals surface area (Å²) >= 11 is 1.55. The molecular formula is C22H24N4O3S. The average Bonchev–Trinajstić information content (AvgIpc) is 3.43. The SMILES string of the molecule is CCCN1C(=O)NC(c2ccc(OCC)cc2)C(c2nc(-c3cccs3)no2)=C1C. The Labute approximate surface area is 179 Å². The van der Waals surface area contributed by atoms with Crippen LogP contribution in [0, 0.1) is 0 Å². The molecule has 1 N–H and O–H groups in total. The molecule has 1 unspecified atom stereocenters. The van der Waals surface area contributed by atoms with Crippen molar-refractivity contribution in [3.8, 4) is 16.5 Å². The number of amides is 2. The molecule has 0 spiro atoms. The van der Waals surface area contributed by atoms with E-state index in [2.05, 4.69) is 15.5 Å². The van der Waals surface area contributed by atoms with Crippen molar-refractivity contribution in [1.82, 2.24) is 20.4 Å². The third-order valence-electron chi connectivity index (χ3n) is 4.97. The van der Waals surface area contributed by atoms with Crippen LogP contribution in [0.1, 0.15) is 44.7 Å². The van der Waals surface area contributed by atoms with Crippen LogP contribution in [0.2, 0.25) is 0 Å². The maximum Gasteiger partial charge on any atom is 0.322 e. The van der Waals surface area contributed by atoms with Gasteiger partial charge in [-0.1, -0.05) is 30.3 Å². The highest BCUT2D eigenvalue weighted by molar-refractivity contribution is 7.13. The van der Waals surface area contributed by atoms with E-state index in [1.54, 1.807) is 16.2 Å². The third-order valence-corrected chi connectivity index (χ3v) is 5.83. The highest BCUT2D eigenvalue weighted by Gasteiger charge is 2.35. The van der Waals surface area contributed by atoms with E-state index in [9.17, 15) is 4.79 Å². The summed E-state index contributed by atoms with van der Waals surface area (Å²) in [6.45, 7) is 7.13. The number of benzene rings is 1. The Morgan fingerprint density at radius 3 is 2.70 bits per heavy atom. The maximum absolute atomic E-state index is 12.8. The molecule has 0 fully saturated rings. The monoisotopic (exact) mass is 424 g/mol. The fourth-order valence-electron chi connectivity index (χ4n) is 3.56. The number of hydrogen-bond donors (Lipinski definition) is 1. The summed E-state index contributed by atoms with van der Waals surface area (Å²) in [7, 11) is 0. The second-order valence-electron chi connectivity index (χ2n) is 6.94. The molecule has 1 atom stereocenters. The number of nitrogens with one attached hydrogen (secondary N) is 1. The standard InChI is InChI=1S/C22H24N4O3S/c1-4-12-26-14(3)18(21-24-20(25-29-21)17-7-6-13-30-17)19(23-22(26)27)15-8-10-16(11-9-15)28-5-2/h6-11,13,19H,4-5,12H2,1-3H3,(H,23,27). The number of aromatic nitrogens is 2. The Hall–Kier alpha value is -3.13. The van der Waals surface area contributed by atoms with Gasteiger partial charge in [0.1, 0.15) is 5.75 Å². The summed E-state index contributed by atoms with van der Waals surface area (Å²) < 4.78 is 11.2. The lowest BCUT2D eigenvalue weighted by Crippen LogP contribution is -2.46. The number of nitrogens with zero attached hydrogens (tertiary/aromatic N) is 3. The van der Waals surface area contributed by atoms with Gasteiger partial charge in [0.25, 0.3) is 5.89 Å². The minimum absolute atomic E-state index is 0.130. The van der Waals surface area contributed by atoms with E-state index in [0.717, 1.165) is 33.9 Å². The highest BCUT2D eigenvalue weighted by atomic mass is 32.1. The first kappa shape index (κ1) is 20.2. The molecule has 0 saturated heterocycles. The predicted octanol–water partition coefficient (Wildman–Crippen LogP) is 5.10. The van der Waals surface area contributed by atoms with Gasteiger partial charge in [0, 0.05) is 12.2 Å². The van der Waals surface area contributed by atoms with Gasteiger partial charge in [-0.25, -0.2) is 4.79 Å². The second kappa shape index (κ2) is 8.71. The van der Waals surface area contributed by atoms with Crippen molar-refractivity contribution in [2.24, 2.45) is 0 Å². The van der Waals surface area contributed by atoms with Gasteiger partial charge in [-0.05, 0) is 49.4 Å². The van der Waals surface area contributed by atoms with Gasteiger partial charge in [0.05, 0.1) is 23.1 Å². The van der Waals surface area contributed by atoms with E-state index in [4.69, 9.17) is 9.26 Å². The zero-order valence-corrected chi connectivity index (χ0v) is 18.0. The number of allylic oxidation sites excluding steroid dienone is 1. The van der Waals surface area contributed by atoms with E-state index in [1.165, 1.54) is 0 Å². The number of thiophene rings is 1. The molecule has 1 aliphatic heterocycles. The molecule has 0 bridgehead atoms. The third kappa shape index (κ3) is 3.82. The first-order valence-electron chi connectivity index (χ1n) is 10.0. The molecule has 7 nitrogen and oxygen atoms in total. The Balaban J connectivity index is 1.77. The van der Waals surface area contributed by atoms with E-state index < -0.39 is 6.04 Å². The molecule has 0 radical (unpaired) electrons. The van der Waals surface area contributed by atoms with Crippen LogP contribution >= 0.6 is 11.3 Å². The summed E-state index contributed by atoms with van der Waals surface area (Å²) in [5.74, 6) is 1.75. The van der Waals surface area contributed by atoms with E-state index in [0.29, 0.717) is 24.9 Å². The first-order valence-corrected chi connectivity index (χ1v) is 10.9. The minimum atomic E-state index is -0.391. The second-order valence-corrected chi connectivity index (χ2v) is 7.88. The van der Waals surface area contributed by atoms with Crippen LogP contribution in [0.3, 0.4) is 0 Å². The predicted molar refractivity (Wildman–Crippen MR) is 116 cm³/mol. The summed E-state index contributed by atoms with van der Waals surface area (Å²) in [6, 6.07) is 11.1. The van der Waals surface area contributed by atoms with Gasteiger partial charge >= 0.3 is 6.03 Å². The van der Waals surface area contributed by atoms with Crippen LogP contribution in [0.25, 0.3) is 16.3 Å². The number of ether oxygens (including phenoxy) is 1. The van der Waals surface area contributed by atoms with Gasteiger partial charge in [0.15, 0.2) is 0 Å². The molecule has 0 aliphatic carbocycles. The molecule has 8 heteroatoms. The quantitative estimate of drug-likeness (QED) is 0.570. The van der Waals surface area contributed by atoms with Crippen molar-refractivity contribution in [1.29, 1.82) is 0 Å². The fourth-order valence-corrected chi connectivity index (χ4v) is 4.21. The van der Waals surface area contributed by atoms with Gasteiger partial charge < -0.3 is 14.6 Å². The number of carbonyl (C=O) groups excluding carboxylic acids is 1. The van der Waals surface area contributed by atoms with Crippen molar-refractivity contribution in [2.75, 3.05) is 13.2 Å². The van der Waals surface area contributed by atoms with E-state index >= 15 is 0 Å². The molecule has 0 saturated carbocycles. The molecule has 2 amide bonds. The zero-order chi connectivity index (χ0) is 21.1. The van der Waals surface area contributed by atoms with Gasteiger partial charge in [0.2, 0.25) is 5.82 Å². The molecular weight excluding hydrogens is 400 g/mol. The Kier molecular flexibility index (Phi) is 5.85. The van der Waals surface area contributed by atoms with Crippen LogP contribution in [0.15, 0.2) is 52.0 Å². The smallest absolute Gasteiger partial charge is 0.322 e. The number of urea groups is 1. The van der Waals surface area contributed by atoms with Crippen LogP contribution in [0.4, 0.5) is 4.79 Å². The van der Waals surface area contributed by atoms with Crippen molar-refractivity contribution >= 4 is 22.9 Å². The normalized spacial score (nSPS) is 16.7. The Morgan fingerprint density at radius 2 is 2.03 bits per heavy atom. The summed E-state index contributed by atoms with van der Waals surface area (Å²) in [4.78, 5) is 20.1. The molecule has 1 aliphatic rings. The average molecular weight is 425 g/mol. The molecule has 1 aromatic carbocycles. The molecule has 3 heterocycles. The molecule has 156 valence electrons. The molecule has 30 heavy (non-hydrogen) atoms. The van der Waals surface area contributed by atoms with Crippen molar-refractivity contribution in [3.63, 3.8) is 0 Å². The van der Waals surface area contributed by atoms with E-state index in [1.807, 2.05) is 62.5 Å². The summed E-state index contributed by atoms with van der Waals surface area (Å²) in [5, 5.41) is 9.24. The minimum Gasteiger partial charge on any atom is -0.494 e. The Bertz CT molecular complexity index is 1040. The Morgan fingerprint density at radius 1 is 1.23 bits per heavy atom. The number of rotatable bonds is 7. The summed E-state index contributed by atoms with van der Waals surface area (Å²) in [6.07, 6.45) is 0.843. The fraction of sp³-hybridized carbons (Fsp3) is 0.318. The lowest BCUT2D eigenvalue weighted by molar-refractivity contribution is 0.205. The molecule has 3 aromatic rings. The van der Waals surface area contributed by atoms with E-state index in [-0.39, 0.29) is 6.03 Å².